The second-order valence-corrected chi connectivity index (χ2v) is 5.25. The Balaban J connectivity index is 2.84. The van der Waals surface area contributed by atoms with Gasteiger partial charge in [0.05, 0.1) is 23.6 Å². The second kappa shape index (κ2) is 7.33. The Bertz CT molecular complexity index is 448. The van der Waals surface area contributed by atoms with Crippen molar-refractivity contribution in [1.82, 2.24) is 15.5 Å². The normalized spacial score (nSPS) is 11.4. The fraction of sp³-hybridized carbons (Fsp3) is 0.667. The highest BCUT2D eigenvalue weighted by Gasteiger charge is 2.26. The third kappa shape index (κ3) is 3.76. The van der Waals surface area contributed by atoms with Crippen molar-refractivity contribution in [3.8, 4) is 0 Å². The Morgan fingerprint density at radius 1 is 1.30 bits per heavy atom. The number of carbonyl (C=O) groups excluding carboxylic acids is 1. The first kappa shape index (κ1) is 16.6. The van der Waals surface area contributed by atoms with Crippen molar-refractivity contribution in [2.75, 3.05) is 13.2 Å². The van der Waals surface area contributed by atoms with Gasteiger partial charge in [0.2, 0.25) is 0 Å². The van der Waals surface area contributed by atoms with Crippen LogP contribution in [0.15, 0.2) is 6.07 Å². The third-order valence-electron chi connectivity index (χ3n) is 4.03. The Kier molecular flexibility index (Phi) is 6.07. The molecule has 0 saturated carbocycles. The van der Waals surface area contributed by atoms with Crippen molar-refractivity contribution in [3.05, 3.63) is 23.0 Å². The van der Waals surface area contributed by atoms with Crippen LogP contribution < -0.4 is 5.32 Å². The maximum absolute atomic E-state index is 12.3. The monoisotopic (exact) mass is 279 g/mol. The molecule has 1 aromatic rings. The first-order valence-electron chi connectivity index (χ1n) is 7.24. The summed E-state index contributed by atoms with van der Waals surface area (Å²) in [4.78, 5) is 12.3. The topological polar surface area (TPSA) is 75.1 Å². The number of nitrogens with one attached hydrogen (secondary N) is 1. The molecule has 1 heterocycles. The molecule has 0 atom stereocenters. The van der Waals surface area contributed by atoms with Crippen LogP contribution in [0.1, 0.15) is 55.4 Å². The predicted octanol–water partition coefficient (Wildman–Crippen LogP) is 1.88. The summed E-state index contributed by atoms with van der Waals surface area (Å²) in [5, 5.41) is 20.5. The standard InChI is InChI=1S/C15H25N3O2/c1-5-13-12(8-11(4)17-18-13)14(20)16-9-15(6-2,7-3)10-19/h8,19H,5-7,9-10H2,1-4H3,(H,16,20). The average Bonchev–Trinajstić information content (AvgIpc) is 2.49. The highest BCUT2D eigenvalue weighted by molar-refractivity contribution is 5.95. The van der Waals surface area contributed by atoms with Gasteiger partial charge in [-0.05, 0) is 32.3 Å². The number of aryl methyl sites for hydroxylation is 2. The number of hydrogen-bond donors (Lipinski definition) is 2. The Hall–Kier alpha value is -1.49. The number of carbonyl (C=O) groups is 1. The minimum Gasteiger partial charge on any atom is -0.396 e. The lowest BCUT2D eigenvalue weighted by Crippen LogP contribution is -2.39. The summed E-state index contributed by atoms with van der Waals surface area (Å²) < 4.78 is 0. The van der Waals surface area contributed by atoms with Crippen LogP contribution in [0.2, 0.25) is 0 Å². The van der Waals surface area contributed by atoms with Gasteiger partial charge in [0.25, 0.3) is 5.91 Å². The third-order valence-corrected chi connectivity index (χ3v) is 4.03. The predicted molar refractivity (Wildman–Crippen MR) is 78.6 cm³/mol. The summed E-state index contributed by atoms with van der Waals surface area (Å²) in [6.07, 6.45) is 2.33. The smallest absolute Gasteiger partial charge is 0.253 e. The maximum atomic E-state index is 12.3. The Morgan fingerprint density at radius 3 is 2.45 bits per heavy atom. The van der Waals surface area contributed by atoms with E-state index in [1.165, 1.54) is 0 Å². The van der Waals surface area contributed by atoms with E-state index in [0.717, 1.165) is 18.5 Å². The molecule has 5 heteroatoms. The summed E-state index contributed by atoms with van der Waals surface area (Å²) in [7, 11) is 0. The van der Waals surface area contributed by atoms with Crippen molar-refractivity contribution in [1.29, 1.82) is 0 Å². The molecule has 20 heavy (non-hydrogen) atoms. The van der Waals surface area contributed by atoms with Crippen molar-refractivity contribution in [2.45, 2.75) is 47.0 Å². The summed E-state index contributed by atoms with van der Waals surface area (Å²) in [6, 6.07) is 1.76. The van der Waals surface area contributed by atoms with Gasteiger partial charge < -0.3 is 10.4 Å². The van der Waals surface area contributed by atoms with E-state index >= 15 is 0 Å². The molecule has 0 radical (unpaired) electrons. The lowest BCUT2D eigenvalue weighted by Gasteiger charge is -2.29. The van der Waals surface area contributed by atoms with Gasteiger partial charge in [-0.15, -0.1) is 0 Å². The van der Waals surface area contributed by atoms with E-state index in [0.29, 0.717) is 24.2 Å². The van der Waals surface area contributed by atoms with E-state index in [-0.39, 0.29) is 17.9 Å². The molecular weight excluding hydrogens is 254 g/mol. The van der Waals surface area contributed by atoms with Crippen LogP contribution in [0.4, 0.5) is 0 Å². The maximum Gasteiger partial charge on any atom is 0.253 e. The largest absolute Gasteiger partial charge is 0.396 e. The quantitative estimate of drug-likeness (QED) is 0.799. The zero-order valence-corrected chi connectivity index (χ0v) is 12.9. The zero-order chi connectivity index (χ0) is 15.2. The van der Waals surface area contributed by atoms with Crippen LogP contribution in [-0.4, -0.2) is 34.4 Å². The molecule has 0 aliphatic carbocycles. The van der Waals surface area contributed by atoms with E-state index in [2.05, 4.69) is 15.5 Å². The van der Waals surface area contributed by atoms with Gasteiger partial charge in [0.15, 0.2) is 0 Å². The lowest BCUT2D eigenvalue weighted by molar-refractivity contribution is 0.0849. The minimum absolute atomic E-state index is 0.0779. The number of hydrogen-bond acceptors (Lipinski definition) is 4. The fourth-order valence-electron chi connectivity index (χ4n) is 2.11. The van der Waals surface area contributed by atoms with Crippen LogP contribution in [0.5, 0.6) is 0 Å². The molecule has 112 valence electrons. The fourth-order valence-corrected chi connectivity index (χ4v) is 2.11. The highest BCUT2D eigenvalue weighted by Crippen LogP contribution is 2.24. The van der Waals surface area contributed by atoms with E-state index in [9.17, 15) is 9.90 Å². The molecule has 1 aromatic heterocycles. The Morgan fingerprint density at radius 2 is 1.95 bits per heavy atom. The van der Waals surface area contributed by atoms with Gasteiger partial charge in [-0.3, -0.25) is 4.79 Å². The number of aliphatic hydroxyl groups excluding tert-OH is 1. The summed E-state index contributed by atoms with van der Waals surface area (Å²) in [5.41, 5.74) is 1.78. The van der Waals surface area contributed by atoms with Gasteiger partial charge in [-0.1, -0.05) is 20.8 Å². The van der Waals surface area contributed by atoms with Crippen LogP contribution in [0.3, 0.4) is 0 Å². The lowest BCUT2D eigenvalue weighted by atomic mass is 9.83. The van der Waals surface area contributed by atoms with Gasteiger partial charge >= 0.3 is 0 Å². The van der Waals surface area contributed by atoms with Gasteiger partial charge in [-0.25, -0.2) is 0 Å². The molecular formula is C15H25N3O2. The number of rotatable bonds is 7. The van der Waals surface area contributed by atoms with Crippen LogP contribution >= 0.6 is 0 Å². The molecule has 0 spiro atoms. The van der Waals surface area contributed by atoms with E-state index < -0.39 is 0 Å². The van der Waals surface area contributed by atoms with Crippen molar-refractivity contribution < 1.29 is 9.90 Å². The first-order chi connectivity index (χ1) is 9.51. The molecule has 0 aliphatic rings. The number of aliphatic hydroxyl groups is 1. The summed E-state index contributed by atoms with van der Waals surface area (Å²) in [6.45, 7) is 8.38. The zero-order valence-electron chi connectivity index (χ0n) is 12.9. The molecule has 0 unspecified atom stereocenters. The molecule has 0 aliphatic heterocycles. The summed E-state index contributed by atoms with van der Waals surface area (Å²) >= 11 is 0. The number of nitrogens with zero attached hydrogens (tertiary/aromatic N) is 2. The number of aromatic nitrogens is 2. The highest BCUT2D eigenvalue weighted by atomic mass is 16.3. The molecule has 2 N–H and O–H groups in total. The second-order valence-electron chi connectivity index (χ2n) is 5.25. The molecule has 1 amide bonds. The van der Waals surface area contributed by atoms with Gasteiger partial charge in [0, 0.05) is 12.0 Å². The van der Waals surface area contributed by atoms with Gasteiger partial charge in [-0.2, -0.15) is 10.2 Å². The van der Waals surface area contributed by atoms with E-state index in [4.69, 9.17) is 0 Å². The molecule has 1 rings (SSSR count). The van der Waals surface area contributed by atoms with E-state index in [1.54, 1.807) is 6.07 Å². The average molecular weight is 279 g/mol. The van der Waals surface area contributed by atoms with Crippen LogP contribution in [0, 0.1) is 12.3 Å². The minimum atomic E-state index is -0.239. The number of amides is 1. The van der Waals surface area contributed by atoms with Crippen molar-refractivity contribution in [3.63, 3.8) is 0 Å². The molecule has 0 fully saturated rings. The SMILES string of the molecule is CCc1nnc(C)cc1C(=O)NCC(CC)(CC)CO. The van der Waals surface area contributed by atoms with Crippen LogP contribution in [0.25, 0.3) is 0 Å². The van der Waals surface area contributed by atoms with Crippen LogP contribution in [-0.2, 0) is 6.42 Å². The molecule has 0 saturated heterocycles. The molecule has 0 bridgehead atoms. The van der Waals surface area contributed by atoms with Crippen molar-refractivity contribution >= 4 is 5.91 Å². The summed E-state index contributed by atoms with van der Waals surface area (Å²) in [5.74, 6) is -0.139. The van der Waals surface area contributed by atoms with Crippen molar-refractivity contribution in [2.24, 2.45) is 5.41 Å². The Labute approximate surface area is 120 Å². The van der Waals surface area contributed by atoms with E-state index in [1.807, 2.05) is 27.7 Å². The molecule has 5 nitrogen and oxygen atoms in total. The molecule has 0 aromatic carbocycles. The van der Waals surface area contributed by atoms with Gasteiger partial charge in [0.1, 0.15) is 0 Å². The first-order valence-corrected chi connectivity index (χ1v) is 7.24.